The number of hydrogen-bond acceptors (Lipinski definition) is 4. The Morgan fingerprint density at radius 2 is 1.84 bits per heavy atom. The molecular formula is C13H22N2O4. The summed E-state index contributed by atoms with van der Waals surface area (Å²) < 4.78 is 5.25. The topological polar surface area (TPSA) is 92.9 Å². The Bertz CT molecular complexity index is 345. The molecule has 0 spiro atoms. The molecule has 0 atom stereocenters. The van der Waals surface area contributed by atoms with E-state index in [4.69, 9.17) is 15.6 Å². The molecule has 0 aliphatic carbocycles. The Kier molecular flexibility index (Phi) is 4.42. The molecule has 0 saturated carbocycles. The Labute approximate surface area is 112 Å². The Hall–Kier alpha value is -1.14. The molecule has 1 amide bonds. The van der Waals surface area contributed by atoms with Crippen LogP contribution < -0.4 is 5.73 Å². The molecular weight excluding hydrogens is 248 g/mol. The van der Waals surface area contributed by atoms with E-state index >= 15 is 0 Å². The summed E-state index contributed by atoms with van der Waals surface area (Å²) in [6.45, 7) is 2.32. The molecule has 2 heterocycles. The van der Waals surface area contributed by atoms with Gasteiger partial charge in [-0.1, -0.05) is 0 Å². The number of rotatable bonds is 3. The number of ether oxygens (including phenoxy) is 1. The standard InChI is InChI=1S/C13H22N2O4/c14-13(3-7-19-8-4-13)12(18)15-5-1-10(2-6-15)9-11(16)17/h10H,1-9,14H2,(H,16,17). The molecule has 3 N–H and O–H groups in total. The number of aliphatic carboxylic acids is 1. The number of carboxylic acids is 1. The minimum absolute atomic E-state index is 0.00424. The first-order valence-corrected chi connectivity index (χ1v) is 6.89. The van der Waals surface area contributed by atoms with Crippen LogP contribution in [-0.2, 0) is 14.3 Å². The highest BCUT2D eigenvalue weighted by atomic mass is 16.5. The van der Waals surface area contributed by atoms with Crippen LogP contribution in [0.4, 0.5) is 0 Å². The van der Waals surface area contributed by atoms with E-state index in [0.29, 0.717) is 39.1 Å². The molecule has 2 aliphatic rings. The first-order chi connectivity index (χ1) is 9.01. The van der Waals surface area contributed by atoms with E-state index in [0.717, 1.165) is 12.8 Å². The third-order valence-corrected chi connectivity index (χ3v) is 4.18. The molecule has 108 valence electrons. The van der Waals surface area contributed by atoms with Crippen LogP contribution in [0.25, 0.3) is 0 Å². The molecule has 0 aromatic carbocycles. The summed E-state index contributed by atoms with van der Waals surface area (Å²) in [7, 11) is 0. The zero-order chi connectivity index (χ0) is 13.9. The minimum Gasteiger partial charge on any atom is -0.481 e. The molecule has 0 bridgehead atoms. The van der Waals surface area contributed by atoms with E-state index < -0.39 is 11.5 Å². The van der Waals surface area contributed by atoms with Crippen molar-refractivity contribution >= 4 is 11.9 Å². The molecule has 2 saturated heterocycles. The summed E-state index contributed by atoms with van der Waals surface area (Å²) in [6, 6.07) is 0. The molecule has 6 heteroatoms. The zero-order valence-electron chi connectivity index (χ0n) is 11.1. The van der Waals surface area contributed by atoms with E-state index in [1.807, 2.05) is 0 Å². The van der Waals surface area contributed by atoms with Crippen molar-refractivity contribution in [1.29, 1.82) is 0 Å². The van der Waals surface area contributed by atoms with Gasteiger partial charge in [0.2, 0.25) is 5.91 Å². The fourth-order valence-corrected chi connectivity index (χ4v) is 2.85. The zero-order valence-corrected chi connectivity index (χ0v) is 11.1. The highest BCUT2D eigenvalue weighted by Crippen LogP contribution is 2.25. The molecule has 0 aromatic rings. The molecule has 0 aromatic heterocycles. The maximum atomic E-state index is 12.4. The summed E-state index contributed by atoms with van der Waals surface area (Å²) in [4.78, 5) is 24.9. The highest BCUT2D eigenvalue weighted by molar-refractivity contribution is 5.86. The average Bonchev–Trinajstić information content (AvgIpc) is 2.39. The van der Waals surface area contributed by atoms with Crippen LogP contribution >= 0.6 is 0 Å². The number of carboxylic acid groups (broad SMARTS) is 1. The van der Waals surface area contributed by atoms with Crippen LogP contribution in [0, 0.1) is 5.92 Å². The number of nitrogens with two attached hydrogens (primary N) is 1. The second-order valence-electron chi connectivity index (χ2n) is 5.60. The highest BCUT2D eigenvalue weighted by Gasteiger charge is 2.39. The Morgan fingerprint density at radius 3 is 2.37 bits per heavy atom. The van der Waals surface area contributed by atoms with Gasteiger partial charge in [-0.25, -0.2) is 0 Å². The number of nitrogens with zero attached hydrogens (tertiary/aromatic N) is 1. The van der Waals surface area contributed by atoms with Crippen LogP contribution in [0.2, 0.25) is 0 Å². The van der Waals surface area contributed by atoms with Gasteiger partial charge in [0, 0.05) is 32.7 Å². The fourth-order valence-electron chi connectivity index (χ4n) is 2.85. The molecule has 2 rings (SSSR count). The van der Waals surface area contributed by atoms with E-state index in [9.17, 15) is 9.59 Å². The van der Waals surface area contributed by atoms with Crippen LogP contribution in [0.1, 0.15) is 32.1 Å². The lowest BCUT2D eigenvalue weighted by atomic mass is 9.87. The summed E-state index contributed by atoms with van der Waals surface area (Å²) in [5, 5.41) is 8.77. The van der Waals surface area contributed by atoms with Crippen molar-refractivity contribution in [3.05, 3.63) is 0 Å². The first kappa shape index (κ1) is 14.3. The monoisotopic (exact) mass is 270 g/mol. The van der Waals surface area contributed by atoms with Crippen molar-refractivity contribution in [2.45, 2.75) is 37.6 Å². The molecule has 0 radical (unpaired) electrons. The van der Waals surface area contributed by atoms with Crippen LogP contribution in [0.5, 0.6) is 0 Å². The van der Waals surface area contributed by atoms with Gasteiger partial charge in [-0.15, -0.1) is 0 Å². The maximum absolute atomic E-state index is 12.4. The van der Waals surface area contributed by atoms with Gasteiger partial charge in [0.15, 0.2) is 0 Å². The number of hydrogen-bond donors (Lipinski definition) is 2. The second-order valence-corrected chi connectivity index (χ2v) is 5.60. The van der Waals surface area contributed by atoms with Crippen LogP contribution in [0.3, 0.4) is 0 Å². The smallest absolute Gasteiger partial charge is 0.303 e. The van der Waals surface area contributed by atoms with Crippen molar-refractivity contribution < 1.29 is 19.4 Å². The SMILES string of the molecule is NC1(C(=O)N2CCC(CC(=O)O)CC2)CCOCC1. The van der Waals surface area contributed by atoms with Crippen molar-refractivity contribution in [3.8, 4) is 0 Å². The van der Waals surface area contributed by atoms with Crippen molar-refractivity contribution in [2.75, 3.05) is 26.3 Å². The third kappa shape index (κ3) is 3.45. The van der Waals surface area contributed by atoms with Gasteiger partial charge >= 0.3 is 5.97 Å². The first-order valence-electron chi connectivity index (χ1n) is 6.89. The number of carbonyl (C=O) groups excluding carboxylic acids is 1. The van der Waals surface area contributed by atoms with Crippen molar-refractivity contribution in [1.82, 2.24) is 4.90 Å². The Morgan fingerprint density at radius 1 is 1.26 bits per heavy atom. The summed E-state index contributed by atoms with van der Waals surface area (Å²) in [6.07, 6.45) is 2.85. The number of amides is 1. The average molecular weight is 270 g/mol. The minimum atomic E-state index is -0.780. The maximum Gasteiger partial charge on any atom is 0.303 e. The predicted molar refractivity (Wildman–Crippen MR) is 68.5 cm³/mol. The molecule has 2 aliphatic heterocycles. The number of piperidine rings is 1. The van der Waals surface area contributed by atoms with Crippen molar-refractivity contribution in [3.63, 3.8) is 0 Å². The van der Waals surface area contributed by atoms with Gasteiger partial charge in [-0.2, -0.15) is 0 Å². The lowest BCUT2D eigenvalue weighted by molar-refractivity contribution is -0.142. The summed E-state index contributed by atoms with van der Waals surface area (Å²) in [5.41, 5.74) is 5.40. The second kappa shape index (κ2) is 5.88. The van der Waals surface area contributed by atoms with E-state index in [2.05, 4.69) is 0 Å². The summed E-state index contributed by atoms with van der Waals surface area (Å²) in [5.74, 6) is -0.570. The largest absolute Gasteiger partial charge is 0.481 e. The van der Waals surface area contributed by atoms with Gasteiger partial charge < -0.3 is 20.5 Å². The van der Waals surface area contributed by atoms with Gasteiger partial charge in [0.1, 0.15) is 0 Å². The van der Waals surface area contributed by atoms with Gasteiger partial charge in [0.25, 0.3) is 0 Å². The molecule has 2 fully saturated rings. The molecule has 0 unspecified atom stereocenters. The third-order valence-electron chi connectivity index (χ3n) is 4.18. The lowest BCUT2D eigenvalue weighted by Gasteiger charge is -2.39. The van der Waals surface area contributed by atoms with E-state index in [1.165, 1.54) is 0 Å². The molecule has 19 heavy (non-hydrogen) atoms. The van der Waals surface area contributed by atoms with Crippen molar-refractivity contribution in [2.24, 2.45) is 11.7 Å². The van der Waals surface area contributed by atoms with E-state index in [-0.39, 0.29) is 18.2 Å². The Balaban J connectivity index is 1.86. The quantitative estimate of drug-likeness (QED) is 0.764. The number of carbonyl (C=O) groups is 2. The molecule has 6 nitrogen and oxygen atoms in total. The summed E-state index contributed by atoms with van der Waals surface area (Å²) >= 11 is 0. The van der Waals surface area contributed by atoms with Crippen LogP contribution in [0.15, 0.2) is 0 Å². The van der Waals surface area contributed by atoms with Crippen LogP contribution in [-0.4, -0.2) is 53.7 Å². The van der Waals surface area contributed by atoms with Gasteiger partial charge in [0.05, 0.1) is 5.54 Å². The number of likely N-dealkylation sites (tertiary alicyclic amines) is 1. The van der Waals surface area contributed by atoms with Gasteiger partial charge in [-0.3, -0.25) is 9.59 Å². The fraction of sp³-hybridized carbons (Fsp3) is 0.846. The normalized spacial score (nSPS) is 24.2. The lowest BCUT2D eigenvalue weighted by Crippen LogP contribution is -2.59. The van der Waals surface area contributed by atoms with Gasteiger partial charge in [-0.05, 0) is 31.6 Å². The predicted octanol–water partition coefficient (Wildman–Crippen LogP) is 0.208. The van der Waals surface area contributed by atoms with E-state index in [1.54, 1.807) is 4.90 Å².